The summed E-state index contributed by atoms with van der Waals surface area (Å²) in [6.45, 7) is -0.162. The summed E-state index contributed by atoms with van der Waals surface area (Å²) < 4.78 is 39.1. The Bertz CT molecular complexity index is 883. The van der Waals surface area contributed by atoms with Crippen LogP contribution in [0.4, 0.5) is 10.1 Å². The predicted molar refractivity (Wildman–Crippen MR) is 89.8 cm³/mol. The van der Waals surface area contributed by atoms with E-state index in [4.69, 9.17) is 5.73 Å². The smallest absolute Gasteiger partial charge is 0.250 e. The van der Waals surface area contributed by atoms with E-state index in [1.807, 2.05) is 0 Å². The molecule has 0 aromatic heterocycles. The van der Waals surface area contributed by atoms with Gasteiger partial charge in [-0.05, 0) is 36.4 Å². The maximum absolute atomic E-state index is 12.8. The van der Waals surface area contributed by atoms with Crippen LogP contribution in [0.25, 0.3) is 0 Å². The highest BCUT2D eigenvalue weighted by Crippen LogP contribution is 2.14. The Morgan fingerprint density at radius 3 is 2.32 bits per heavy atom. The summed E-state index contributed by atoms with van der Waals surface area (Å²) in [5.74, 6) is -1.73. The van der Waals surface area contributed by atoms with Crippen LogP contribution < -0.4 is 15.8 Å². The topological polar surface area (TPSA) is 118 Å². The van der Waals surface area contributed by atoms with Crippen molar-refractivity contribution in [3.8, 4) is 0 Å². The van der Waals surface area contributed by atoms with Gasteiger partial charge in [0.05, 0.1) is 16.1 Å². The van der Waals surface area contributed by atoms with E-state index in [1.54, 1.807) is 12.1 Å². The summed E-state index contributed by atoms with van der Waals surface area (Å²) in [4.78, 5) is 23.1. The van der Waals surface area contributed by atoms with Crippen molar-refractivity contribution in [1.29, 1.82) is 0 Å². The molecular weight excluding hydrogens is 349 g/mol. The van der Waals surface area contributed by atoms with Crippen LogP contribution in [-0.4, -0.2) is 26.8 Å². The first-order valence-corrected chi connectivity index (χ1v) is 8.72. The normalized spacial score (nSPS) is 11.1. The number of hydrogen-bond donors (Lipinski definition) is 3. The van der Waals surface area contributed by atoms with E-state index in [2.05, 4.69) is 10.0 Å². The second kappa shape index (κ2) is 7.86. The van der Waals surface area contributed by atoms with Crippen molar-refractivity contribution in [1.82, 2.24) is 4.72 Å². The lowest BCUT2D eigenvalue weighted by atomic mass is 10.1. The summed E-state index contributed by atoms with van der Waals surface area (Å²) >= 11 is 0. The molecule has 25 heavy (non-hydrogen) atoms. The highest BCUT2D eigenvalue weighted by molar-refractivity contribution is 7.89. The van der Waals surface area contributed by atoms with Crippen LogP contribution in [0.1, 0.15) is 16.8 Å². The third-order valence-corrected chi connectivity index (χ3v) is 4.71. The van der Waals surface area contributed by atoms with E-state index in [9.17, 15) is 22.4 Å². The molecule has 4 N–H and O–H groups in total. The Hall–Kier alpha value is -2.78. The Morgan fingerprint density at radius 1 is 1.04 bits per heavy atom. The molecule has 9 heteroatoms. The third kappa shape index (κ3) is 5.10. The monoisotopic (exact) mass is 365 g/mol. The van der Waals surface area contributed by atoms with Gasteiger partial charge in [0.25, 0.3) is 5.91 Å². The fourth-order valence-corrected chi connectivity index (χ4v) is 3.05. The van der Waals surface area contributed by atoms with Gasteiger partial charge in [-0.1, -0.05) is 12.1 Å². The molecule has 0 saturated carbocycles. The number of halogens is 1. The number of amides is 2. The van der Waals surface area contributed by atoms with Crippen molar-refractivity contribution >= 4 is 27.5 Å². The summed E-state index contributed by atoms with van der Waals surface area (Å²) in [5, 5.41) is 2.50. The Balaban J connectivity index is 1.92. The second-order valence-electron chi connectivity index (χ2n) is 5.06. The highest BCUT2D eigenvalue weighted by atomic mass is 32.2. The van der Waals surface area contributed by atoms with Crippen LogP contribution in [0, 0.1) is 5.82 Å². The maximum Gasteiger partial charge on any atom is 0.250 e. The van der Waals surface area contributed by atoms with Gasteiger partial charge in [0.15, 0.2) is 0 Å². The van der Waals surface area contributed by atoms with E-state index in [1.165, 1.54) is 12.1 Å². The molecule has 2 amide bonds. The SMILES string of the molecule is NC(=O)c1ccccc1NC(=O)CCNS(=O)(=O)c1ccc(F)cc1. The minimum Gasteiger partial charge on any atom is -0.366 e. The van der Waals surface area contributed by atoms with Gasteiger partial charge in [0.2, 0.25) is 15.9 Å². The van der Waals surface area contributed by atoms with Gasteiger partial charge in [-0.2, -0.15) is 0 Å². The van der Waals surface area contributed by atoms with Crippen LogP contribution in [0.15, 0.2) is 53.4 Å². The molecule has 0 aliphatic carbocycles. The standard InChI is InChI=1S/C16H16FN3O4S/c17-11-5-7-12(8-6-11)25(23,24)19-10-9-15(21)20-14-4-2-1-3-13(14)16(18)22/h1-8,19H,9-10H2,(H2,18,22)(H,20,21). The zero-order chi connectivity index (χ0) is 18.4. The Morgan fingerprint density at radius 2 is 1.68 bits per heavy atom. The summed E-state index contributed by atoms with van der Waals surface area (Å²) in [7, 11) is -3.84. The summed E-state index contributed by atoms with van der Waals surface area (Å²) in [6.07, 6.45) is -0.159. The first kappa shape index (κ1) is 18.6. The molecule has 132 valence electrons. The molecule has 0 aliphatic rings. The summed E-state index contributed by atoms with van der Waals surface area (Å²) in [5.41, 5.74) is 5.62. The Kier molecular flexibility index (Phi) is 5.84. The molecule has 7 nitrogen and oxygen atoms in total. The average molecular weight is 365 g/mol. The van der Waals surface area contributed by atoms with Gasteiger partial charge in [0.1, 0.15) is 5.82 Å². The first-order valence-electron chi connectivity index (χ1n) is 7.23. The van der Waals surface area contributed by atoms with Crippen molar-refractivity contribution in [3.63, 3.8) is 0 Å². The van der Waals surface area contributed by atoms with E-state index in [0.29, 0.717) is 0 Å². The molecule has 0 radical (unpaired) electrons. The molecule has 0 bridgehead atoms. The molecule has 0 spiro atoms. The molecule has 2 aromatic rings. The molecule has 0 fully saturated rings. The zero-order valence-corrected chi connectivity index (χ0v) is 13.8. The molecule has 0 unspecified atom stereocenters. The number of para-hydroxylation sites is 1. The maximum atomic E-state index is 12.8. The number of nitrogens with two attached hydrogens (primary N) is 1. The number of anilines is 1. The van der Waals surface area contributed by atoms with Crippen LogP contribution in [0.5, 0.6) is 0 Å². The second-order valence-corrected chi connectivity index (χ2v) is 6.83. The number of nitrogens with one attached hydrogen (secondary N) is 2. The number of sulfonamides is 1. The van der Waals surface area contributed by atoms with Crippen LogP contribution in [-0.2, 0) is 14.8 Å². The van der Waals surface area contributed by atoms with Crippen LogP contribution >= 0.6 is 0 Å². The van der Waals surface area contributed by atoms with E-state index < -0.39 is 27.7 Å². The first-order chi connectivity index (χ1) is 11.8. The predicted octanol–water partition coefficient (Wildman–Crippen LogP) is 1.23. The van der Waals surface area contributed by atoms with Crippen LogP contribution in [0.3, 0.4) is 0 Å². The van der Waals surface area contributed by atoms with Crippen molar-refractivity contribution in [3.05, 3.63) is 59.9 Å². The number of primary amides is 1. The third-order valence-electron chi connectivity index (χ3n) is 3.23. The van der Waals surface area contributed by atoms with Gasteiger partial charge < -0.3 is 11.1 Å². The summed E-state index contributed by atoms with van der Waals surface area (Å²) in [6, 6.07) is 10.5. The molecular formula is C16H16FN3O4S. The van der Waals surface area contributed by atoms with Crippen molar-refractivity contribution in [2.45, 2.75) is 11.3 Å². The number of hydrogen-bond acceptors (Lipinski definition) is 4. The number of carbonyl (C=O) groups excluding carboxylic acids is 2. The van der Waals surface area contributed by atoms with Crippen LogP contribution in [0.2, 0.25) is 0 Å². The lowest BCUT2D eigenvalue weighted by Gasteiger charge is -2.09. The van der Waals surface area contributed by atoms with E-state index in [-0.39, 0.29) is 29.1 Å². The largest absolute Gasteiger partial charge is 0.366 e. The van der Waals surface area contributed by atoms with Gasteiger partial charge >= 0.3 is 0 Å². The minimum atomic E-state index is -3.84. The van der Waals surface area contributed by atoms with Crippen molar-refractivity contribution in [2.75, 3.05) is 11.9 Å². The molecule has 0 saturated heterocycles. The number of benzene rings is 2. The molecule has 0 atom stereocenters. The van der Waals surface area contributed by atoms with Gasteiger partial charge in [-0.15, -0.1) is 0 Å². The van der Waals surface area contributed by atoms with Crippen molar-refractivity contribution < 1.29 is 22.4 Å². The van der Waals surface area contributed by atoms with Crippen molar-refractivity contribution in [2.24, 2.45) is 5.73 Å². The fraction of sp³-hybridized carbons (Fsp3) is 0.125. The fourth-order valence-electron chi connectivity index (χ4n) is 2.02. The zero-order valence-electron chi connectivity index (χ0n) is 13.0. The quantitative estimate of drug-likeness (QED) is 0.684. The Labute approximate surface area is 144 Å². The van der Waals surface area contributed by atoms with Gasteiger partial charge in [0, 0.05) is 13.0 Å². The molecule has 2 aromatic carbocycles. The van der Waals surface area contributed by atoms with Gasteiger partial charge in [-0.3, -0.25) is 9.59 Å². The molecule has 0 aliphatic heterocycles. The highest BCUT2D eigenvalue weighted by Gasteiger charge is 2.15. The number of rotatable bonds is 7. The minimum absolute atomic E-state index is 0.103. The molecule has 2 rings (SSSR count). The lowest BCUT2D eigenvalue weighted by molar-refractivity contribution is -0.116. The number of carbonyl (C=O) groups is 2. The van der Waals surface area contributed by atoms with E-state index >= 15 is 0 Å². The average Bonchev–Trinajstić information content (AvgIpc) is 2.55. The molecule has 0 heterocycles. The lowest BCUT2D eigenvalue weighted by Crippen LogP contribution is -2.28. The van der Waals surface area contributed by atoms with E-state index in [0.717, 1.165) is 24.3 Å². The van der Waals surface area contributed by atoms with Gasteiger partial charge in [-0.25, -0.2) is 17.5 Å².